The zero-order valence-corrected chi connectivity index (χ0v) is 9.54. The molecule has 2 nitrogen and oxygen atoms in total. The first-order valence-electron chi connectivity index (χ1n) is 3.54. The number of rotatable bonds is 1. The molecule has 1 aromatic rings. The molecule has 0 aliphatic rings. The van der Waals surface area contributed by atoms with Gasteiger partial charge in [0.15, 0.2) is 0 Å². The average Bonchev–Trinajstić information content (AvgIpc) is 1.94. The van der Waals surface area contributed by atoms with Crippen LogP contribution >= 0.6 is 15.9 Å². The highest BCUT2D eigenvalue weighted by molar-refractivity contribution is 9.10. The Bertz CT molecular complexity index is 440. The van der Waals surface area contributed by atoms with E-state index < -0.39 is 10.2 Å². The van der Waals surface area contributed by atoms with Crippen LogP contribution in [-0.4, -0.2) is 8.42 Å². The number of hydrogen-bond acceptors (Lipinski definition) is 2. The van der Waals surface area contributed by atoms with Crippen LogP contribution < -0.4 is 0 Å². The zero-order chi connectivity index (χ0) is 10.2. The summed E-state index contributed by atoms with van der Waals surface area (Å²) in [6.45, 7) is 3.26. The van der Waals surface area contributed by atoms with E-state index in [-0.39, 0.29) is 4.90 Å². The van der Waals surface area contributed by atoms with Gasteiger partial charge in [0.1, 0.15) is 4.90 Å². The molecule has 0 atom stereocenters. The summed E-state index contributed by atoms with van der Waals surface area (Å²) in [6.07, 6.45) is 0. The Hall–Kier alpha value is -0.420. The third kappa shape index (κ3) is 2.28. The topological polar surface area (TPSA) is 34.1 Å². The van der Waals surface area contributed by atoms with Gasteiger partial charge in [-0.1, -0.05) is 15.9 Å². The quantitative estimate of drug-likeness (QED) is 0.733. The maximum absolute atomic E-state index is 12.7. The van der Waals surface area contributed by atoms with Gasteiger partial charge in [0.2, 0.25) is 0 Å². The summed E-state index contributed by atoms with van der Waals surface area (Å²) in [5, 5.41) is 0. The van der Waals surface area contributed by atoms with E-state index in [0.717, 1.165) is 0 Å². The van der Waals surface area contributed by atoms with Crippen LogP contribution in [0.5, 0.6) is 0 Å². The first-order valence-corrected chi connectivity index (χ1v) is 5.71. The molecular formula is C8H8BrFO2S. The van der Waals surface area contributed by atoms with Crippen molar-refractivity contribution in [3.63, 3.8) is 0 Å². The minimum absolute atomic E-state index is 0.264. The Morgan fingerprint density at radius 2 is 1.85 bits per heavy atom. The summed E-state index contributed by atoms with van der Waals surface area (Å²) in [5.74, 6) is 0. The van der Waals surface area contributed by atoms with Crippen molar-refractivity contribution in [2.75, 3.05) is 0 Å². The Morgan fingerprint density at radius 1 is 1.31 bits per heavy atom. The van der Waals surface area contributed by atoms with Crippen LogP contribution in [0.4, 0.5) is 3.89 Å². The molecule has 0 fully saturated rings. The molecule has 0 bridgehead atoms. The number of halogens is 2. The van der Waals surface area contributed by atoms with E-state index >= 15 is 0 Å². The van der Waals surface area contributed by atoms with E-state index in [1.807, 2.05) is 0 Å². The van der Waals surface area contributed by atoms with Gasteiger partial charge in [0.05, 0.1) is 0 Å². The molecule has 0 aliphatic carbocycles. The fourth-order valence-electron chi connectivity index (χ4n) is 1.04. The van der Waals surface area contributed by atoms with Gasteiger partial charge in [-0.3, -0.25) is 0 Å². The summed E-state index contributed by atoms with van der Waals surface area (Å²) in [5.41, 5.74) is 1.10. The maximum atomic E-state index is 12.7. The van der Waals surface area contributed by atoms with Crippen LogP contribution in [0.15, 0.2) is 21.5 Å². The molecule has 0 N–H and O–H groups in total. The first-order chi connectivity index (χ1) is 5.82. The van der Waals surface area contributed by atoms with Crippen LogP contribution in [0, 0.1) is 13.8 Å². The van der Waals surface area contributed by atoms with Gasteiger partial charge in [-0.15, -0.1) is 3.89 Å². The molecule has 0 amide bonds. The molecular weight excluding hydrogens is 259 g/mol. The standard InChI is InChI=1S/C8H8BrFO2S/c1-5-3-7(9)6(2)8(4-5)13(10,11)12/h3-4H,1-2H3. The van der Waals surface area contributed by atoms with E-state index in [1.165, 1.54) is 6.07 Å². The molecule has 0 saturated carbocycles. The van der Waals surface area contributed by atoms with Crippen LogP contribution in [0.1, 0.15) is 11.1 Å². The molecule has 0 saturated heterocycles. The predicted octanol–water partition coefficient (Wildman–Crippen LogP) is 2.72. The average molecular weight is 267 g/mol. The van der Waals surface area contributed by atoms with E-state index in [1.54, 1.807) is 19.9 Å². The maximum Gasteiger partial charge on any atom is 0.332 e. The molecule has 13 heavy (non-hydrogen) atoms. The van der Waals surface area contributed by atoms with Gasteiger partial charge in [-0.2, -0.15) is 8.42 Å². The van der Waals surface area contributed by atoms with Crippen LogP contribution in [0.3, 0.4) is 0 Å². The highest BCUT2D eigenvalue weighted by Gasteiger charge is 2.17. The fourth-order valence-corrected chi connectivity index (χ4v) is 2.54. The minimum atomic E-state index is -4.61. The third-order valence-electron chi connectivity index (χ3n) is 1.70. The lowest BCUT2D eigenvalue weighted by molar-refractivity contribution is 0.551. The van der Waals surface area contributed by atoms with E-state index in [0.29, 0.717) is 15.6 Å². The Balaban J connectivity index is 3.56. The van der Waals surface area contributed by atoms with Gasteiger partial charge >= 0.3 is 10.2 Å². The number of hydrogen-bond donors (Lipinski definition) is 0. The number of benzene rings is 1. The van der Waals surface area contributed by atoms with Crippen molar-refractivity contribution in [2.24, 2.45) is 0 Å². The largest absolute Gasteiger partial charge is 0.332 e. The molecule has 1 aromatic carbocycles. The SMILES string of the molecule is Cc1cc(Br)c(C)c(S(=O)(=O)F)c1. The summed E-state index contributed by atoms with van der Waals surface area (Å²) < 4.78 is 34.6. The Kier molecular flexibility index (Phi) is 2.77. The number of aryl methyl sites for hydroxylation is 1. The summed E-state index contributed by atoms with van der Waals surface area (Å²) in [4.78, 5) is -0.264. The third-order valence-corrected chi connectivity index (χ3v) is 3.48. The van der Waals surface area contributed by atoms with Crippen LogP contribution in [0.25, 0.3) is 0 Å². The summed E-state index contributed by atoms with van der Waals surface area (Å²) in [6, 6.07) is 3.06. The minimum Gasteiger partial charge on any atom is -0.189 e. The van der Waals surface area contributed by atoms with Gasteiger partial charge < -0.3 is 0 Å². The Morgan fingerprint density at radius 3 is 2.31 bits per heavy atom. The molecule has 0 aromatic heterocycles. The molecule has 0 radical (unpaired) electrons. The molecule has 1 rings (SSSR count). The lowest BCUT2D eigenvalue weighted by atomic mass is 10.2. The van der Waals surface area contributed by atoms with Crippen molar-refractivity contribution in [1.82, 2.24) is 0 Å². The lowest BCUT2D eigenvalue weighted by Crippen LogP contribution is -1.97. The van der Waals surface area contributed by atoms with Crippen molar-refractivity contribution in [3.8, 4) is 0 Å². The van der Waals surface area contributed by atoms with E-state index in [9.17, 15) is 12.3 Å². The second-order valence-corrected chi connectivity index (χ2v) is 4.98. The van der Waals surface area contributed by atoms with Crippen molar-refractivity contribution in [2.45, 2.75) is 18.7 Å². The fraction of sp³-hybridized carbons (Fsp3) is 0.250. The van der Waals surface area contributed by atoms with Gasteiger partial charge in [0, 0.05) is 4.47 Å². The van der Waals surface area contributed by atoms with Crippen molar-refractivity contribution in [3.05, 3.63) is 27.7 Å². The monoisotopic (exact) mass is 266 g/mol. The smallest absolute Gasteiger partial charge is 0.189 e. The molecule has 0 heterocycles. The highest BCUT2D eigenvalue weighted by atomic mass is 79.9. The predicted molar refractivity (Wildman–Crippen MR) is 51.9 cm³/mol. The van der Waals surface area contributed by atoms with Crippen LogP contribution in [-0.2, 0) is 10.2 Å². The first kappa shape index (κ1) is 10.7. The van der Waals surface area contributed by atoms with E-state index in [2.05, 4.69) is 15.9 Å². The molecule has 5 heteroatoms. The van der Waals surface area contributed by atoms with Gasteiger partial charge in [0.25, 0.3) is 0 Å². The normalized spacial score (nSPS) is 11.7. The van der Waals surface area contributed by atoms with Gasteiger partial charge in [-0.25, -0.2) is 0 Å². The second-order valence-electron chi connectivity index (χ2n) is 2.81. The van der Waals surface area contributed by atoms with E-state index in [4.69, 9.17) is 0 Å². The zero-order valence-electron chi connectivity index (χ0n) is 7.14. The van der Waals surface area contributed by atoms with Crippen molar-refractivity contribution in [1.29, 1.82) is 0 Å². The lowest BCUT2D eigenvalue weighted by Gasteiger charge is -2.04. The van der Waals surface area contributed by atoms with Gasteiger partial charge in [-0.05, 0) is 37.1 Å². The Labute approximate surface area is 85.1 Å². The second kappa shape index (κ2) is 3.38. The molecule has 72 valence electrons. The highest BCUT2D eigenvalue weighted by Crippen LogP contribution is 2.26. The molecule has 0 spiro atoms. The molecule has 0 aliphatic heterocycles. The molecule has 0 unspecified atom stereocenters. The van der Waals surface area contributed by atoms with Crippen molar-refractivity contribution >= 4 is 26.2 Å². The summed E-state index contributed by atoms with van der Waals surface area (Å²) in [7, 11) is -4.61. The van der Waals surface area contributed by atoms with Crippen molar-refractivity contribution < 1.29 is 12.3 Å². The summed E-state index contributed by atoms with van der Waals surface area (Å²) >= 11 is 3.16. The van der Waals surface area contributed by atoms with Crippen LogP contribution in [0.2, 0.25) is 0 Å².